The highest BCUT2D eigenvalue weighted by Gasteiger charge is 2.23. The van der Waals surface area contributed by atoms with E-state index in [0.717, 1.165) is 44.1 Å². The van der Waals surface area contributed by atoms with Crippen molar-refractivity contribution in [3.05, 3.63) is 5.82 Å². The molecule has 2 rings (SSSR count). The molecule has 1 aromatic rings. The average molecular weight is 265 g/mol. The van der Waals surface area contributed by atoms with Gasteiger partial charge in [0.15, 0.2) is 0 Å². The van der Waals surface area contributed by atoms with E-state index in [0.29, 0.717) is 17.4 Å². The first-order valence-corrected chi connectivity index (χ1v) is 7.28. The van der Waals surface area contributed by atoms with E-state index in [9.17, 15) is 0 Å². The van der Waals surface area contributed by atoms with Gasteiger partial charge in [-0.25, -0.2) is 0 Å². The Hall–Kier alpha value is -1.10. The van der Waals surface area contributed by atoms with Gasteiger partial charge < -0.3 is 10.6 Å². The number of aromatic amines is 1. The van der Waals surface area contributed by atoms with Crippen LogP contribution in [0.4, 0.5) is 5.95 Å². The molecule has 1 atom stereocenters. The van der Waals surface area contributed by atoms with Crippen LogP contribution < -0.4 is 10.6 Å². The zero-order valence-corrected chi connectivity index (χ0v) is 12.6. The van der Waals surface area contributed by atoms with Crippen molar-refractivity contribution in [2.75, 3.05) is 18.0 Å². The molecule has 108 valence electrons. The maximum absolute atomic E-state index is 5.92. The largest absolute Gasteiger partial charge is 0.339 e. The topological polar surface area (TPSA) is 70.8 Å². The smallest absolute Gasteiger partial charge is 0.244 e. The maximum Gasteiger partial charge on any atom is 0.244 e. The number of nitrogens with zero attached hydrogens (tertiary/aromatic N) is 3. The average Bonchev–Trinajstić information content (AvgIpc) is 2.77. The zero-order valence-electron chi connectivity index (χ0n) is 12.6. The van der Waals surface area contributed by atoms with Gasteiger partial charge in [0, 0.05) is 25.6 Å². The van der Waals surface area contributed by atoms with Crippen LogP contribution in [0.15, 0.2) is 0 Å². The van der Waals surface area contributed by atoms with Gasteiger partial charge in [0.2, 0.25) is 5.95 Å². The summed E-state index contributed by atoms with van der Waals surface area (Å²) in [5, 5.41) is 7.43. The summed E-state index contributed by atoms with van der Waals surface area (Å²) >= 11 is 0. The van der Waals surface area contributed by atoms with Crippen LogP contribution in [0.3, 0.4) is 0 Å². The number of rotatable bonds is 3. The molecule has 5 nitrogen and oxygen atoms in total. The molecule has 1 fully saturated rings. The minimum atomic E-state index is 0.296. The number of nitrogens with one attached hydrogen (secondary N) is 1. The molecule has 1 aliphatic heterocycles. The minimum absolute atomic E-state index is 0.296. The molecule has 19 heavy (non-hydrogen) atoms. The van der Waals surface area contributed by atoms with Crippen molar-refractivity contribution in [3.8, 4) is 0 Å². The van der Waals surface area contributed by atoms with E-state index in [-0.39, 0.29) is 0 Å². The van der Waals surface area contributed by atoms with E-state index in [4.69, 9.17) is 5.73 Å². The summed E-state index contributed by atoms with van der Waals surface area (Å²) < 4.78 is 0. The first-order chi connectivity index (χ1) is 8.86. The van der Waals surface area contributed by atoms with Crippen molar-refractivity contribution in [1.82, 2.24) is 15.2 Å². The number of hydrogen-bond donors (Lipinski definition) is 2. The molecule has 0 spiro atoms. The number of anilines is 1. The van der Waals surface area contributed by atoms with Gasteiger partial charge in [-0.2, -0.15) is 4.98 Å². The second-order valence-corrected chi connectivity index (χ2v) is 6.88. The van der Waals surface area contributed by atoms with Crippen molar-refractivity contribution in [1.29, 1.82) is 0 Å². The molecule has 0 bridgehead atoms. The second kappa shape index (κ2) is 5.49. The summed E-state index contributed by atoms with van der Waals surface area (Å²) in [5.41, 5.74) is 6.22. The lowest BCUT2D eigenvalue weighted by atomic mass is 9.80. The van der Waals surface area contributed by atoms with Gasteiger partial charge >= 0.3 is 0 Å². The van der Waals surface area contributed by atoms with E-state index >= 15 is 0 Å². The molecule has 2 heterocycles. The molecule has 1 aromatic heterocycles. The predicted molar refractivity (Wildman–Crippen MR) is 78.1 cm³/mol. The van der Waals surface area contributed by atoms with Crippen molar-refractivity contribution in [2.24, 2.45) is 17.1 Å². The molecule has 0 aromatic carbocycles. The van der Waals surface area contributed by atoms with Crippen molar-refractivity contribution >= 4 is 5.95 Å². The van der Waals surface area contributed by atoms with Crippen LogP contribution in [-0.2, 0) is 6.42 Å². The highest BCUT2D eigenvalue weighted by atomic mass is 15.4. The fourth-order valence-electron chi connectivity index (χ4n) is 2.21. The third-order valence-corrected chi connectivity index (χ3v) is 4.32. The first kappa shape index (κ1) is 14.3. The lowest BCUT2D eigenvalue weighted by molar-refractivity contribution is 0.257. The molecule has 1 saturated heterocycles. The van der Waals surface area contributed by atoms with E-state index in [1.807, 2.05) is 0 Å². The van der Waals surface area contributed by atoms with E-state index in [1.54, 1.807) is 0 Å². The van der Waals surface area contributed by atoms with Crippen LogP contribution >= 0.6 is 0 Å². The van der Waals surface area contributed by atoms with Crippen LogP contribution in [0.1, 0.15) is 46.4 Å². The van der Waals surface area contributed by atoms with Gasteiger partial charge in [0.05, 0.1) is 0 Å². The molecule has 0 amide bonds. The summed E-state index contributed by atoms with van der Waals surface area (Å²) in [6.07, 6.45) is 3.01. The van der Waals surface area contributed by atoms with Crippen LogP contribution in [0.2, 0.25) is 0 Å². The van der Waals surface area contributed by atoms with Gasteiger partial charge in [0.1, 0.15) is 5.82 Å². The Labute approximate surface area is 116 Å². The lowest BCUT2D eigenvalue weighted by Crippen LogP contribution is -2.40. The van der Waals surface area contributed by atoms with Crippen LogP contribution in [0, 0.1) is 11.3 Å². The zero-order chi connectivity index (χ0) is 14.0. The van der Waals surface area contributed by atoms with E-state index < -0.39 is 0 Å². The Morgan fingerprint density at radius 3 is 2.58 bits per heavy atom. The highest BCUT2D eigenvalue weighted by Crippen LogP contribution is 2.28. The summed E-state index contributed by atoms with van der Waals surface area (Å²) in [6.45, 7) is 11.0. The molecule has 0 saturated carbocycles. The quantitative estimate of drug-likeness (QED) is 0.876. The fourth-order valence-corrected chi connectivity index (χ4v) is 2.21. The third-order valence-electron chi connectivity index (χ3n) is 4.32. The molecule has 0 aliphatic carbocycles. The number of nitrogens with two attached hydrogens (primary N) is 1. The minimum Gasteiger partial charge on any atom is -0.339 e. The van der Waals surface area contributed by atoms with Gasteiger partial charge in [-0.05, 0) is 24.2 Å². The Bertz CT molecular complexity index is 398. The van der Waals surface area contributed by atoms with Gasteiger partial charge in [-0.1, -0.05) is 27.7 Å². The monoisotopic (exact) mass is 265 g/mol. The maximum atomic E-state index is 5.92. The number of hydrogen-bond acceptors (Lipinski definition) is 4. The lowest BCUT2D eigenvalue weighted by Gasteiger charge is -2.29. The van der Waals surface area contributed by atoms with Gasteiger partial charge in [-0.15, -0.1) is 5.10 Å². The molecule has 5 heteroatoms. The Morgan fingerprint density at radius 1 is 1.37 bits per heavy atom. The summed E-state index contributed by atoms with van der Waals surface area (Å²) in [7, 11) is 0. The van der Waals surface area contributed by atoms with E-state index in [2.05, 4.69) is 47.8 Å². The molecular weight excluding hydrogens is 238 g/mol. The van der Waals surface area contributed by atoms with E-state index in [1.165, 1.54) is 0 Å². The summed E-state index contributed by atoms with van der Waals surface area (Å²) in [4.78, 5) is 6.86. The van der Waals surface area contributed by atoms with Crippen molar-refractivity contribution in [2.45, 2.75) is 53.0 Å². The number of H-pyrrole nitrogens is 1. The number of piperidine rings is 1. The SMILES string of the molecule is CC(Cc1nc(N2CCC(N)CC2)n[nH]1)C(C)(C)C. The predicted octanol–water partition coefficient (Wildman–Crippen LogP) is 1.96. The molecular formula is C14H27N5. The van der Waals surface area contributed by atoms with Crippen molar-refractivity contribution < 1.29 is 0 Å². The van der Waals surface area contributed by atoms with Crippen molar-refractivity contribution in [3.63, 3.8) is 0 Å². The molecule has 0 radical (unpaired) electrons. The highest BCUT2D eigenvalue weighted by molar-refractivity contribution is 5.29. The molecule has 1 aliphatic rings. The molecule has 1 unspecified atom stereocenters. The second-order valence-electron chi connectivity index (χ2n) is 6.88. The Morgan fingerprint density at radius 2 is 2.00 bits per heavy atom. The van der Waals surface area contributed by atoms with Gasteiger partial charge in [-0.3, -0.25) is 5.10 Å². The van der Waals surface area contributed by atoms with Crippen LogP contribution in [-0.4, -0.2) is 34.3 Å². The normalized spacial score (nSPS) is 19.7. The van der Waals surface area contributed by atoms with Crippen LogP contribution in [0.25, 0.3) is 0 Å². The van der Waals surface area contributed by atoms with Crippen LogP contribution in [0.5, 0.6) is 0 Å². The Kier molecular flexibility index (Phi) is 4.13. The number of aromatic nitrogens is 3. The Balaban J connectivity index is 1.95. The summed E-state index contributed by atoms with van der Waals surface area (Å²) in [6, 6.07) is 0.343. The standard InChI is InChI=1S/C14H27N5/c1-10(14(2,3)4)9-12-16-13(18-17-12)19-7-5-11(15)6-8-19/h10-11H,5-9,15H2,1-4H3,(H,16,17,18). The van der Waals surface area contributed by atoms with Gasteiger partial charge in [0.25, 0.3) is 0 Å². The third kappa shape index (κ3) is 3.69. The molecule has 3 N–H and O–H groups in total. The fraction of sp³-hybridized carbons (Fsp3) is 0.857. The first-order valence-electron chi connectivity index (χ1n) is 7.28. The summed E-state index contributed by atoms with van der Waals surface area (Å²) in [5.74, 6) is 2.40.